The number of methoxy groups -OCH3 is 1. The van der Waals surface area contributed by atoms with Gasteiger partial charge in [0.25, 0.3) is 5.91 Å². The number of aromatic nitrogens is 1. The Bertz CT molecular complexity index is 1160. The van der Waals surface area contributed by atoms with Crippen LogP contribution in [0, 0.1) is 13.8 Å². The quantitative estimate of drug-likeness (QED) is 0.615. The summed E-state index contributed by atoms with van der Waals surface area (Å²) in [6, 6.07) is 14.9. The van der Waals surface area contributed by atoms with E-state index in [-0.39, 0.29) is 27.6 Å². The third kappa shape index (κ3) is 3.85. The van der Waals surface area contributed by atoms with Gasteiger partial charge in [0.2, 0.25) is 9.84 Å². The summed E-state index contributed by atoms with van der Waals surface area (Å²) < 4.78 is 34.0. The second kappa shape index (κ2) is 8.36. The van der Waals surface area contributed by atoms with Crippen molar-refractivity contribution in [2.75, 3.05) is 12.4 Å². The molecule has 0 saturated carbocycles. The summed E-state index contributed by atoms with van der Waals surface area (Å²) in [5, 5.41) is 2.86. The Morgan fingerprint density at radius 3 is 2.13 bits per heavy atom. The molecule has 3 aromatic rings. The van der Waals surface area contributed by atoms with Gasteiger partial charge in [-0.1, -0.05) is 18.2 Å². The summed E-state index contributed by atoms with van der Waals surface area (Å²) in [5.41, 5.74) is 1.83. The third-order valence-corrected chi connectivity index (χ3v) is 7.05. The van der Waals surface area contributed by atoms with Crippen molar-refractivity contribution in [2.24, 2.45) is 0 Å². The number of anilines is 1. The highest BCUT2D eigenvalue weighted by Gasteiger charge is 2.31. The molecule has 0 radical (unpaired) electrons. The van der Waals surface area contributed by atoms with Gasteiger partial charge in [-0.3, -0.25) is 4.79 Å². The van der Waals surface area contributed by atoms with Gasteiger partial charge in [0.15, 0.2) is 0 Å². The molecule has 0 aliphatic carbocycles. The Morgan fingerprint density at radius 1 is 1.00 bits per heavy atom. The minimum Gasteiger partial charge on any atom is -0.497 e. The van der Waals surface area contributed by atoms with Crippen molar-refractivity contribution >= 4 is 21.6 Å². The van der Waals surface area contributed by atoms with E-state index in [1.807, 2.05) is 25.3 Å². The van der Waals surface area contributed by atoms with E-state index in [1.165, 1.54) is 0 Å². The average molecular weight is 427 g/mol. The molecule has 30 heavy (non-hydrogen) atoms. The first-order valence-electron chi connectivity index (χ1n) is 9.65. The van der Waals surface area contributed by atoms with E-state index in [1.54, 1.807) is 68.6 Å². The maximum absolute atomic E-state index is 13.5. The molecular formula is C23H26N2O4S. The number of nitrogens with zero attached hydrogens (tertiary/aromatic N) is 1. The zero-order valence-electron chi connectivity index (χ0n) is 17.8. The second-order valence-electron chi connectivity index (χ2n) is 7.35. The molecule has 0 spiro atoms. The fraction of sp³-hybridized carbons (Fsp3) is 0.261. The van der Waals surface area contributed by atoms with Crippen molar-refractivity contribution in [3.8, 4) is 5.75 Å². The topological polar surface area (TPSA) is 77.4 Å². The molecule has 0 bridgehead atoms. The molecule has 0 aliphatic rings. The standard InChI is InChI=1S/C23H26N2O4S/c1-15(2)25-17(4)16(3)21(30(27,28)20-9-7-6-8-10-20)22(25)24-23(26)18-11-13-19(29-5)14-12-18/h6-15H,1-5H3,(H,24,26). The third-order valence-electron chi connectivity index (χ3n) is 5.12. The molecule has 0 saturated heterocycles. The van der Waals surface area contributed by atoms with Gasteiger partial charge in [0.05, 0.1) is 12.0 Å². The van der Waals surface area contributed by atoms with Gasteiger partial charge in [-0.15, -0.1) is 0 Å². The van der Waals surface area contributed by atoms with Crippen molar-refractivity contribution < 1.29 is 17.9 Å². The van der Waals surface area contributed by atoms with Gasteiger partial charge in [0.1, 0.15) is 16.5 Å². The van der Waals surface area contributed by atoms with Crippen LogP contribution in [0.4, 0.5) is 5.82 Å². The number of hydrogen-bond acceptors (Lipinski definition) is 4. The normalized spacial score (nSPS) is 11.5. The van der Waals surface area contributed by atoms with Crippen molar-refractivity contribution in [3.63, 3.8) is 0 Å². The van der Waals surface area contributed by atoms with Crippen LogP contribution < -0.4 is 10.1 Å². The number of rotatable bonds is 6. The highest BCUT2D eigenvalue weighted by atomic mass is 32.2. The lowest BCUT2D eigenvalue weighted by molar-refractivity contribution is 0.102. The largest absolute Gasteiger partial charge is 0.497 e. The van der Waals surface area contributed by atoms with E-state index in [2.05, 4.69) is 5.32 Å². The molecule has 2 aromatic carbocycles. The first kappa shape index (κ1) is 21.6. The molecule has 6 nitrogen and oxygen atoms in total. The molecule has 1 amide bonds. The van der Waals surface area contributed by atoms with Crippen LogP contribution in [0.2, 0.25) is 0 Å². The Morgan fingerprint density at radius 2 is 1.60 bits per heavy atom. The Balaban J connectivity index is 2.15. The van der Waals surface area contributed by atoms with E-state index in [0.29, 0.717) is 16.9 Å². The van der Waals surface area contributed by atoms with Crippen LogP contribution in [0.15, 0.2) is 64.4 Å². The SMILES string of the molecule is COc1ccc(C(=O)Nc2c(S(=O)(=O)c3ccccc3)c(C)c(C)n2C(C)C)cc1. The fourth-order valence-corrected chi connectivity index (χ4v) is 5.24. The monoisotopic (exact) mass is 426 g/mol. The number of benzene rings is 2. The average Bonchev–Trinajstić information content (AvgIpc) is 2.99. The van der Waals surface area contributed by atoms with Crippen LogP contribution in [0.25, 0.3) is 0 Å². The summed E-state index contributed by atoms with van der Waals surface area (Å²) in [7, 11) is -2.28. The molecule has 0 aliphatic heterocycles. The lowest BCUT2D eigenvalue weighted by Crippen LogP contribution is -2.18. The summed E-state index contributed by atoms with van der Waals surface area (Å²) >= 11 is 0. The Kier molecular flexibility index (Phi) is 6.03. The zero-order valence-corrected chi connectivity index (χ0v) is 18.6. The van der Waals surface area contributed by atoms with Crippen LogP contribution in [0.5, 0.6) is 5.75 Å². The predicted octanol–water partition coefficient (Wildman–Crippen LogP) is 4.78. The van der Waals surface area contributed by atoms with E-state index in [9.17, 15) is 13.2 Å². The van der Waals surface area contributed by atoms with Gasteiger partial charge in [0, 0.05) is 17.3 Å². The highest BCUT2D eigenvalue weighted by molar-refractivity contribution is 7.91. The van der Waals surface area contributed by atoms with Crippen molar-refractivity contribution in [1.29, 1.82) is 0 Å². The van der Waals surface area contributed by atoms with Crippen LogP contribution >= 0.6 is 0 Å². The fourth-order valence-electron chi connectivity index (χ4n) is 3.53. The van der Waals surface area contributed by atoms with Gasteiger partial charge in [-0.25, -0.2) is 8.42 Å². The molecule has 1 heterocycles. The van der Waals surface area contributed by atoms with Crippen molar-refractivity contribution in [2.45, 2.75) is 43.5 Å². The molecule has 158 valence electrons. The lowest BCUT2D eigenvalue weighted by atomic mass is 10.2. The Hall–Kier alpha value is -3.06. The van der Waals surface area contributed by atoms with E-state index in [4.69, 9.17) is 4.74 Å². The van der Waals surface area contributed by atoms with E-state index in [0.717, 1.165) is 5.69 Å². The van der Waals surface area contributed by atoms with Gasteiger partial charge in [-0.2, -0.15) is 0 Å². The molecule has 0 unspecified atom stereocenters. The van der Waals surface area contributed by atoms with Crippen molar-refractivity contribution in [1.82, 2.24) is 4.57 Å². The molecule has 0 atom stereocenters. The molecule has 1 N–H and O–H groups in total. The molecular weight excluding hydrogens is 400 g/mol. The highest BCUT2D eigenvalue weighted by Crippen LogP contribution is 2.37. The maximum atomic E-state index is 13.5. The summed E-state index contributed by atoms with van der Waals surface area (Å²) in [6.45, 7) is 7.54. The van der Waals surface area contributed by atoms with Gasteiger partial charge in [-0.05, 0) is 69.7 Å². The Labute approximate surface area is 177 Å². The zero-order chi connectivity index (χ0) is 22.1. The minimum absolute atomic E-state index is 0.0467. The maximum Gasteiger partial charge on any atom is 0.256 e. The first-order chi connectivity index (χ1) is 14.2. The minimum atomic E-state index is -3.83. The summed E-state index contributed by atoms with van der Waals surface area (Å²) in [5.74, 6) is 0.530. The van der Waals surface area contributed by atoms with E-state index >= 15 is 0 Å². The van der Waals surface area contributed by atoms with Crippen LogP contribution in [0.3, 0.4) is 0 Å². The van der Waals surface area contributed by atoms with Crippen LogP contribution in [0.1, 0.15) is 41.5 Å². The molecule has 0 fully saturated rings. The van der Waals surface area contributed by atoms with Crippen molar-refractivity contribution in [3.05, 3.63) is 71.4 Å². The summed E-state index contributed by atoms with van der Waals surface area (Å²) in [4.78, 5) is 13.3. The smallest absolute Gasteiger partial charge is 0.256 e. The number of carbonyl (C=O) groups is 1. The van der Waals surface area contributed by atoms with Gasteiger partial charge >= 0.3 is 0 Å². The van der Waals surface area contributed by atoms with E-state index < -0.39 is 9.84 Å². The predicted molar refractivity (Wildman–Crippen MR) is 117 cm³/mol. The number of sulfone groups is 1. The van der Waals surface area contributed by atoms with Gasteiger partial charge < -0.3 is 14.6 Å². The van der Waals surface area contributed by atoms with Crippen LogP contribution in [-0.4, -0.2) is 26.0 Å². The van der Waals surface area contributed by atoms with Crippen LogP contribution in [-0.2, 0) is 9.84 Å². The molecule has 3 rings (SSSR count). The number of amides is 1. The number of carbonyl (C=O) groups excluding carboxylic acids is 1. The second-order valence-corrected chi connectivity index (χ2v) is 9.24. The molecule has 7 heteroatoms. The first-order valence-corrected chi connectivity index (χ1v) is 11.1. The number of ether oxygens (including phenoxy) is 1. The number of nitrogens with one attached hydrogen (secondary N) is 1. The summed E-state index contributed by atoms with van der Waals surface area (Å²) in [6.07, 6.45) is 0. The number of hydrogen-bond donors (Lipinski definition) is 1. The lowest BCUT2D eigenvalue weighted by Gasteiger charge is -2.17. The molecule has 1 aromatic heterocycles.